The molecule has 1 N–H and O–H groups in total. The molecule has 0 aliphatic carbocycles. The minimum Gasteiger partial charge on any atom is -0.489 e. The molecule has 0 bridgehead atoms. The van der Waals surface area contributed by atoms with E-state index in [4.69, 9.17) is 27.9 Å². The highest BCUT2D eigenvalue weighted by Crippen LogP contribution is 2.23. The SMILES string of the molecule is Cc1cc(NC(=O)c2cccc(COc3cccc(Br)c3)c2)nn1Cc1ccc(Cl)cc1Cl. The van der Waals surface area contributed by atoms with Gasteiger partial charge >= 0.3 is 0 Å². The van der Waals surface area contributed by atoms with Gasteiger partial charge in [0.15, 0.2) is 5.82 Å². The van der Waals surface area contributed by atoms with E-state index in [0.717, 1.165) is 27.0 Å². The Kier molecular flexibility index (Phi) is 7.38. The van der Waals surface area contributed by atoms with Crippen molar-refractivity contribution in [1.82, 2.24) is 9.78 Å². The van der Waals surface area contributed by atoms with E-state index < -0.39 is 0 Å². The molecule has 1 heterocycles. The number of carbonyl (C=O) groups excluding carboxylic acids is 1. The monoisotopic (exact) mass is 543 g/mol. The lowest BCUT2D eigenvalue weighted by molar-refractivity contribution is 0.102. The standard InChI is InChI=1S/C25H20BrCl2N3O2/c1-16-10-24(30-31(16)14-19-8-9-21(27)13-23(19)28)29-25(32)18-5-2-4-17(11-18)15-33-22-7-3-6-20(26)12-22/h2-13H,14-15H2,1H3,(H,29,30,32). The molecule has 0 aliphatic rings. The van der Waals surface area contributed by atoms with Gasteiger partial charge in [-0.3, -0.25) is 9.48 Å². The first-order valence-corrected chi connectivity index (χ1v) is 11.7. The summed E-state index contributed by atoms with van der Waals surface area (Å²) in [5.74, 6) is 0.980. The maximum absolute atomic E-state index is 12.8. The number of ether oxygens (including phenoxy) is 1. The molecule has 0 radical (unpaired) electrons. The van der Waals surface area contributed by atoms with Gasteiger partial charge in [0.1, 0.15) is 12.4 Å². The van der Waals surface area contributed by atoms with Crippen molar-refractivity contribution in [2.75, 3.05) is 5.32 Å². The maximum atomic E-state index is 12.8. The molecule has 0 unspecified atom stereocenters. The van der Waals surface area contributed by atoms with Crippen molar-refractivity contribution in [2.24, 2.45) is 0 Å². The number of amides is 1. The summed E-state index contributed by atoms with van der Waals surface area (Å²) in [7, 11) is 0. The lowest BCUT2D eigenvalue weighted by Crippen LogP contribution is -2.13. The zero-order chi connectivity index (χ0) is 23.4. The van der Waals surface area contributed by atoms with Crippen LogP contribution in [0.5, 0.6) is 5.75 Å². The third-order valence-corrected chi connectivity index (χ3v) is 6.03. The molecule has 0 saturated heterocycles. The molecule has 5 nitrogen and oxygen atoms in total. The van der Waals surface area contributed by atoms with Crippen LogP contribution in [0.1, 0.15) is 27.2 Å². The van der Waals surface area contributed by atoms with Gasteiger partial charge in [-0.05, 0) is 60.5 Å². The van der Waals surface area contributed by atoms with E-state index in [-0.39, 0.29) is 5.91 Å². The Bertz CT molecular complexity index is 1310. The van der Waals surface area contributed by atoms with Crippen LogP contribution < -0.4 is 10.1 Å². The summed E-state index contributed by atoms with van der Waals surface area (Å²) in [6, 6.07) is 22.1. The van der Waals surface area contributed by atoms with Crippen LogP contribution in [0.3, 0.4) is 0 Å². The highest BCUT2D eigenvalue weighted by molar-refractivity contribution is 9.10. The molecule has 0 saturated carbocycles. The minimum absolute atomic E-state index is 0.242. The van der Waals surface area contributed by atoms with Gasteiger partial charge in [-0.15, -0.1) is 0 Å². The van der Waals surface area contributed by atoms with Gasteiger partial charge in [0.2, 0.25) is 0 Å². The number of rotatable bonds is 7. The van der Waals surface area contributed by atoms with Crippen molar-refractivity contribution >= 4 is 50.9 Å². The van der Waals surface area contributed by atoms with E-state index in [1.54, 1.807) is 22.9 Å². The van der Waals surface area contributed by atoms with Crippen LogP contribution in [-0.4, -0.2) is 15.7 Å². The van der Waals surface area contributed by atoms with Crippen LogP contribution in [0, 0.1) is 6.92 Å². The smallest absolute Gasteiger partial charge is 0.256 e. The van der Waals surface area contributed by atoms with Crippen LogP contribution in [0.15, 0.2) is 77.3 Å². The van der Waals surface area contributed by atoms with Crippen molar-refractivity contribution in [2.45, 2.75) is 20.1 Å². The Morgan fingerprint density at radius 3 is 2.67 bits per heavy atom. The van der Waals surface area contributed by atoms with Gasteiger partial charge in [0.25, 0.3) is 5.91 Å². The van der Waals surface area contributed by atoms with Gasteiger partial charge in [-0.25, -0.2) is 0 Å². The Hall–Kier alpha value is -2.80. The molecule has 8 heteroatoms. The largest absolute Gasteiger partial charge is 0.489 e. The topological polar surface area (TPSA) is 56.1 Å². The molecular weight excluding hydrogens is 525 g/mol. The maximum Gasteiger partial charge on any atom is 0.256 e. The first kappa shape index (κ1) is 23.4. The first-order valence-electron chi connectivity index (χ1n) is 10.1. The fraction of sp³-hybridized carbons (Fsp3) is 0.120. The summed E-state index contributed by atoms with van der Waals surface area (Å²) in [6.45, 7) is 2.75. The molecule has 0 aliphatic heterocycles. The van der Waals surface area contributed by atoms with Crippen molar-refractivity contribution in [3.8, 4) is 5.75 Å². The van der Waals surface area contributed by atoms with Gasteiger partial charge < -0.3 is 10.1 Å². The fourth-order valence-corrected chi connectivity index (χ4v) is 4.10. The number of benzene rings is 3. The van der Waals surface area contributed by atoms with Crippen molar-refractivity contribution in [3.63, 3.8) is 0 Å². The zero-order valence-corrected chi connectivity index (χ0v) is 20.8. The fourth-order valence-electron chi connectivity index (χ4n) is 3.26. The quantitative estimate of drug-likeness (QED) is 0.269. The molecule has 3 aromatic carbocycles. The lowest BCUT2D eigenvalue weighted by atomic mass is 10.1. The zero-order valence-electron chi connectivity index (χ0n) is 17.7. The van der Waals surface area contributed by atoms with Crippen LogP contribution >= 0.6 is 39.1 Å². The predicted molar refractivity (Wildman–Crippen MR) is 135 cm³/mol. The number of anilines is 1. The minimum atomic E-state index is -0.242. The Balaban J connectivity index is 1.42. The second-order valence-electron chi connectivity index (χ2n) is 7.46. The second-order valence-corrected chi connectivity index (χ2v) is 9.22. The number of hydrogen-bond acceptors (Lipinski definition) is 3. The molecule has 0 atom stereocenters. The molecule has 1 aromatic heterocycles. The number of nitrogens with one attached hydrogen (secondary N) is 1. The molecular formula is C25H20BrCl2N3O2. The number of halogens is 3. The normalized spacial score (nSPS) is 10.8. The van der Waals surface area contributed by atoms with Gasteiger partial charge in [0.05, 0.1) is 6.54 Å². The Morgan fingerprint density at radius 2 is 1.88 bits per heavy atom. The molecule has 168 valence electrons. The third kappa shape index (κ3) is 6.16. The molecule has 0 fully saturated rings. The predicted octanol–water partition coefficient (Wildman–Crippen LogP) is 7.14. The van der Waals surface area contributed by atoms with Gasteiger partial charge in [0, 0.05) is 31.8 Å². The summed E-state index contributed by atoms with van der Waals surface area (Å²) in [5.41, 5.74) is 3.20. The number of aryl methyl sites for hydroxylation is 1. The molecule has 0 spiro atoms. The van der Waals surface area contributed by atoms with Crippen LogP contribution in [0.4, 0.5) is 5.82 Å². The van der Waals surface area contributed by atoms with Gasteiger partial charge in [-0.2, -0.15) is 5.10 Å². The molecule has 4 rings (SSSR count). The lowest BCUT2D eigenvalue weighted by Gasteiger charge is -2.08. The van der Waals surface area contributed by atoms with E-state index in [9.17, 15) is 4.79 Å². The van der Waals surface area contributed by atoms with E-state index >= 15 is 0 Å². The highest BCUT2D eigenvalue weighted by atomic mass is 79.9. The number of aromatic nitrogens is 2. The van der Waals surface area contributed by atoms with Crippen LogP contribution in [-0.2, 0) is 13.2 Å². The van der Waals surface area contributed by atoms with Crippen molar-refractivity contribution in [3.05, 3.63) is 110 Å². The summed E-state index contributed by atoms with van der Waals surface area (Å²) in [6.07, 6.45) is 0. The van der Waals surface area contributed by atoms with E-state index in [0.29, 0.717) is 34.6 Å². The third-order valence-electron chi connectivity index (χ3n) is 4.95. The number of carbonyl (C=O) groups is 1. The second kappa shape index (κ2) is 10.4. The molecule has 33 heavy (non-hydrogen) atoms. The first-order chi connectivity index (χ1) is 15.9. The van der Waals surface area contributed by atoms with Gasteiger partial charge in [-0.1, -0.05) is 63.4 Å². The van der Waals surface area contributed by atoms with E-state index in [2.05, 4.69) is 26.3 Å². The highest BCUT2D eigenvalue weighted by Gasteiger charge is 2.12. The molecule has 4 aromatic rings. The summed E-state index contributed by atoms with van der Waals surface area (Å²) >= 11 is 15.7. The summed E-state index contributed by atoms with van der Waals surface area (Å²) in [4.78, 5) is 12.8. The Morgan fingerprint density at radius 1 is 1.06 bits per heavy atom. The number of nitrogens with zero attached hydrogens (tertiary/aromatic N) is 2. The van der Waals surface area contributed by atoms with E-state index in [1.165, 1.54) is 0 Å². The molecule has 1 amide bonds. The van der Waals surface area contributed by atoms with Crippen molar-refractivity contribution < 1.29 is 9.53 Å². The van der Waals surface area contributed by atoms with Crippen LogP contribution in [0.25, 0.3) is 0 Å². The van der Waals surface area contributed by atoms with Crippen LogP contribution in [0.2, 0.25) is 10.0 Å². The van der Waals surface area contributed by atoms with Crippen molar-refractivity contribution in [1.29, 1.82) is 0 Å². The summed E-state index contributed by atoms with van der Waals surface area (Å²) < 4.78 is 8.55. The van der Waals surface area contributed by atoms with E-state index in [1.807, 2.05) is 61.5 Å². The Labute approximate surface area is 210 Å². The number of hydrogen-bond donors (Lipinski definition) is 1. The summed E-state index contributed by atoms with van der Waals surface area (Å²) in [5, 5.41) is 8.53. The average molecular weight is 545 g/mol. The average Bonchev–Trinajstić information content (AvgIpc) is 3.13.